The SMILES string of the molecule is Cc1c(C(=O)N[C@H]2CCCN(Cc3ccccc3F)C2)cnc2ccnn12. The Morgan fingerprint density at radius 2 is 2.19 bits per heavy atom. The maximum absolute atomic E-state index is 13.9. The van der Waals surface area contributed by atoms with Gasteiger partial charge in [0.15, 0.2) is 5.65 Å². The molecule has 0 spiro atoms. The molecule has 1 fully saturated rings. The molecule has 3 aromatic rings. The molecule has 0 bridgehead atoms. The van der Waals surface area contributed by atoms with Gasteiger partial charge in [0.1, 0.15) is 5.82 Å². The first-order valence-electron chi connectivity index (χ1n) is 9.18. The van der Waals surface area contributed by atoms with E-state index in [2.05, 4.69) is 20.3 Å². The maximum atomic E-state index is 13.9. The Balaban J connectivity index is 1.43. The van der Waals surface area contributed by atoms with Crippen molar-refractivity contribution in [2.75, 3.05) is 13.1 Å². The van der Waals surface area contributed by atoms with Gasteiger partial charge in [-0.3, -0.25) is 9.69 Å². The summed E-state index contributed by atoms with van der Waals surface area (Å²) in [6.07, 6.45) is 5.14. The third-order valence-electron chi connectivity index (χ3n) is 5.09. The maximum Gasteiger partial charge on any atom is 0.254 e. The van der Waals surface area contributed by atoms with Crippen LogP contribution in [-0.2, 0) is 6.54 Å². The highest BCUT2D eigenvalue weighted by molar-refractivity contribution is 5.95. The molecule has 27 heavy (non-hydrogen) atoms. The Labute approximate surface area is 157 Å². The molecule has 1 aromatic carbocycles. The highest BCUT2D eigenvalue weighted by Gasteiger charge is 2.23. The van der Waals surface area contributed by atoms with Crippen LogP contribution in [0, 0.1) is 12.7 Å². The fraction of sp³-hybridized carbons (Fsp3) is 0.350. The molecule has 6 nitrogen and oxygen atoms in total. The lowest BCUT2D eigenvalue weighted by Crippen LogP contribution is -2.47. The van der Waals surface area contributed by atoms with Gasteiger partial charge in [-0.15, -0.1) is 0 Å². The molecule has 140 valence electrons. The first-order chi connectivity index (χ1) is 13.1. The number of nitrogens with zero attached hydrogens (tertiary/aromatic N) is 4. The smallest absolute Gasteiger partial charge is 0.254 e. The molecule has 7 heteroatoms. The van der Waals surface area contributed by atoms with Gasteiger partial charge in [0.2, 0.25) is 0 Å². The molecule has 1 atom stereocenters. The van der Waals surface area contributed by atoms with Crippen molar-refractivity contribution in [2.24, 2.45) is 0 Å². The zero-order valence-electron chi connectivity index (χ0n) is 15.2. The highest BCUT2D eigenvalue weighted by Crippen LogP contribution is 2.17. The summed E-state index contributed by atoms with van der Waals surface area (Å²) in [5.41, 5.74) is 2.70. The van der Waals surface area contributed by atoms with E-state index < -0.39 is 0 Å². The summed E-state index contributed by atoms with van der Waals surface area (Å²) in [7, 11) is 0. The average Bonchev–Trinajstić information content (AvgIpc) is 3.14. The second-order valence-corrected chi connectivity index (χ2v) is 7.00. The number of piperidine rings is 1. The molecule has 1 saturated heterocycles. The van der Waals surface area contributed by atoms with Crippen LogP contribution >= 0.6 is 0 Å². The quantitative estimate of drug-likeness (QED) is 0.770. The average molecular weight is 367 g/mol. The van der Waals surface area contributed by atoms with Crippen molar-refractivity contribution in [1.29, 1.82) is 0 Å². The molecular formula is C20H22FN5O. The summed E-state index contributed by atoms with van der Waals surface area (Å²) >= 11 is 0. The van der Waals surface area contributed by atoms with E-state index in [0.29, 0.717) is 24.2 Å². The van der Waals surface area contributed by atoms with E-state index in [4.69, 9.17) is 0 Å². The van der Waals surface area contributed by atoms with Crippen molar-refractivity contribution in [3.8, 4) is 0 Å². The summed E-state index contributed by atoms with van der Waals surface area (Å²) in [5, 5.41) is 7.31. The van der Waals surface area contributed by atoms with Gasteiger partial charge in [0.25, 0.3) is 5.91 Å². The lowest BCUT2D eigenvalue weighted by atomic mass is 10.0. The van der Waals surface area contributed by atoms with Gasteiger partial charge in [0, 0.05) is 37.0 Å². The molecule has 1 aliphatic rings. The Bertz CT molecular complexity index is 970. The van der Waals surface area contributed by atoms with E-state index in [-0.39, 0.29) is 17.8 Å². The van der Waals surface area contributed by atoms with Crippen LogP contribution in [0.2, 0.25) is 0 Å². The van der Waals surface area contributed by atoms with E-state index in [9.17, 15) is 9.18 Å². The number of hydrogen-bond donors (Lipinski definition) is 1. The second-order valence-electron chi connectivity index (χ2n) is 7.00. The molecule has 1 aliphatic heterocycles. The summed E-state index contributed by atoms with van der Waals surface area (Å²) < 4.78 is 15.6. The standard InChI is InChI=1S/C20H22FN5O/c1-14-17(11-22-19-8-9-23-26(14)19)20(27)24-16-6-4-10-25(13-16)12-15-5-2-3-7-18(15)21/h2-3,5,7-9,11,16H,4,6,10,12-13H2,1H3,(H,24,27)/t16-/m0/s1. The zero-order valence-corrected chi connectivity index (χ0v) is 15.2. The molecular weight excluding hydrogens is 345 g/mol. The molecule has 2 aromatic heterocycles. The minimum atomic E-state index is -0.183. The van der Waals surface area contributed by atoms with Gasteiger partial charge in [-0.1, -0.05) is 18.2 Å². The fourth-order valence-electron chi connectivity index (χ4n) is 3.66. The monoisotopic (exact) mass is 367 g/mol. The van der Waals surface area contributed by atoms with Gasteiger partial charge in [-0.25, -0.2) is 13.9 Å². The summed E-state index contributed by atoms with van der Waals surface area (Å²) in [4.78, 5) is 19.2. The Hall–Kier alpha value is -2.80. The summed E-state index contributed by atoms with van der Waals surface area (Å²) in [6.45, 7) is 4.03. The van der Waals surface area contributed by atoms with E-state index in [1.54, 1.807) is 29.0 Å². The number of nitrogens with one attached hydrogen (secondary N) is 1. The normalized spacial score (nSPS) is 17.9. The minimum absolute atomic E-state index is 0.0331. The van der Waals surface area contributed by atoms with E-state index >= 15 is 0 Å². The number of benzene rings is 1. The third kappa shape index (κ3) is 3.68. The molecule has 1 amide bonds. The lowest BCUT2D eigenvalue weighted by molar-refractivity contribution is 0.0898. The zero-order chi connectivity index (χ0) is 18.8. The van der Waals surface area contributed by atoms with Gasteiger partial charge < -0.3 is 5.32 Å². The number of aryl methyl sites for hydroxylation is 1. The van der Waals surface area contributed by atoms with Crippen molar-refractivity contribution >= 4 is 11.6 Å². The van der Waals surface area contributed by atoms with Gasteiger partial charge in [-0.05, 0) is 32.4 Å². The number of fused-ring (bicyclic) bond motifs is 1. The first-order valence-corrected chi connectivity index (χ1v) is 9.18. The Kier molecular flexibility index (Phi) is 4.85. The molecule has 0 saturated carbocycles. The van der Waals surface area contributed by atoms with Crippen LogP contribution in [0.25, 0.3) is 5.65 Å². The van der Waals surface area contributed by atoms with E-state index in [1.807, 2.05) is 19.1 Å². The van der Waals surface area contributed by atoms with Gasteiger partial charge >= 0.3 is 0 Å². The van der Waals surface area contributed by atoms with E-state index in [0.717, 1.165) is 30.7 Å². The minimum Gasteiger partial charge on any atom is -0.348 e. The number of likely N-dealkylation sites (tertiary alicyclic amines) is 1. The van der Waals surface area contributed by atoms with Crippen LogP contribution in [-0.4, -0.2) is 44.5 Å². The largest absolute Gasteiger partial charge is 0.348 e. The highest BCUT2D eigenvalue weighted by atomic mass is 19.1. The van der Waals surface area contributed by atoms with Crippen LogP contribution in [0.3, 0.4) is 0 Å². The molecule has 3 heterocycles. The van der Waals surface area contributed by atoms with Crippen molar-refractivity contribution in [2.45, 2.75) is 32.4 Å². The summed E-state index contributed by atoms with van der Waals surface area (Å²) in [5.74, 6) is -0.326. The van der Waals surface area contributed by atoms with Crippen LogP contribution < -0.4 is 5.32 Å². The van der Waals surface area contributed by atoms with E-state index in [1.165, 1.54) is 6.07 Å². The van der Waals surface area contributed by atoms with Crippen molar-refractivity contribution in [3.63, 3.8) is 0 Å². The van der Waals surface area contributed by atoms with Crippen molar-refractivity contribution in [1.82, 2.24) is 24.8 Å². The van der Waals surface area contributed by atoms with Crippen LogP contribution in [0.1, 0.15) is 34.5 Å². The second kappa shape index (κ2) is 7.44. The van der Waals surface area contributed by atoms with Gasteiger partial charge in [0.05, 0.1) is 17.5 Å². The number of carbonyl (C=O) groups excluding carboxylic acids is 1. The third-order valence-corrected chi connectivity index (χ3v) is 5.09. The van der Waals surface area contributed by atoms with Crippen molar-refractivity contribution in [3.05, 3.63) is 65.4 Å². The number of hydrogen-bond acceptors (Lipinski definition) is 4. The first kappa shape index (κ1) is 17.6. The number of amides is 1. The van der Waals surface area contributed by atoms with Crippen LogP contribution in [0.5, 0.6) is 0 Å². The molecule has 0 aliphatic carbocycles. The lowest BCUT2D eigenvalue weighted by Gasteiger charge is -2.33. The predicted octanol–water partition coefficient (Wildman–Crippen LogP) is 2.57. The number of rotatable bonds is 4. The van der Waals surface area contributed by atoms with Crippen LogP contribution in [0.15, 0.2) is 42.7 Å². The van der Waals surface area contributed by atoms with Crippen LogP contribution in [0.4, 0.5) is 4.39 Å². The summed E-state index contributed by atoms with van der Waals surface area (Å²) in [6, 6.07) is 8.68. The molecule has 4 rings (SSSR count). The Morgan fingerprint density at radius 1 is 1.33 bits per heavy atom. The topological polar surface area (TPSA) is 62.5 Å². The number of aromatic nitrogens is 3. The fourth-order valence-corrected chi connectivity index (χ4v) is 3.66. The van der Waals surface area contributed by atoms with Gasteiger partial charge in [-0.2, -0.15) is 5.10 Å². The number of halogens is 1. The molecule has 0 unspecified atom stereocenters. The number of carbonyl (C=O) groups is 1. The molecule has 0 radical (unpaired) electrons. The molecule has 1 N–H and O–H groups in total. The Morgan fingerprint density at radius 3 is 3.04 bits per heavy atom. The predicted molar refractivity (Wildman–Crippen MR) is 99.9 cm³/mol. The van der Waals surface area contributed by atoms with Crippen molar-refractivity contribution < 1.29 is 9.18 Å².